The lowest BCUT2D eigenvalue weighted by Gasteiger charge is -2.35. The van der Waals surface area contributed by atoms with E-state index in [0.29, 0.717) is 6.61 Å². The van der Waals surface area contributed by atoms with E-state index in [4.69, 9.17) is 9.47 Å². The minimum atomic E-state index is -0.106. The number of ether oxygens (including phenoxy) is 2. The van der Waals surface area contributed by atoms with Gasteiger partial charge in [-0.3, -0.25) is 0 Å². The summed E-state index contributed by atoms with van der Waals surface area (Å²) in [6, 6.07) is 16.3. The Morgan fingerprint density at radius 2 is 1.86 bits per heavy atom. The van der Waals surface area contributed by atoms with E-state index in [0.717, 1.165) is 16.8 Å². The molecule has 0 spiro atoms. The molecule has 0 radical (unpaired) electrons. The van der Waals surface area contributed by atoms with Crippen LogP contribution in [0.2, 0.25) is 0 Å². The second-order valence-electron chi connectivity index (χ2n) is 5.78. The van der Waals surface area contributed by atoms with Gasteiger partial charge in [0.05, 0.1) is 11.1 Å². The normalized spacial score (nSPS) is 20.7. The lowest BCUT2D eigenvalue weighted by molar-refractivity contribution is -0.0619. The van der Waals surface area contributed by atoms with Gasteiger partial charge in [0.1, 0.15) is 11.9 Å². The Balaban J connectivity index is 1.93. The van der Waals surface area contributed by atoms with Crippen LogP contribution in [0, 0.1) is 0 Å². The fourth-order valence-corrected chi connectivity index (χ4v) is 3.13. The molecule has 0 amide bonds. The summed E-state index contributed by atoms with van der Waals surface area (Å²) in [6.07, 6.45) is -0.0944. The quantitative estimate of drug-likeness (QED) is 0.820. The van der Waals surface area contributed by atoms with Gasteiger partial charge in [-0.25, -0.2) is 0 Å². The second-order valence-corrected chi connectivity index (χ2v) is 6.63. The number of hydrogen-bond acceptors (Lipinski definition) is 3. The molecule has 2 aromatic rings. The van der Waals surface area contributed by atoms with Crippen LogP contribution in [0.15, 0.2) is 53.0 Å². The van der Waals surface area contributed by atoms with Crippen LogP contribution in [0.25, 0.3) is 0 Å². The standard InChI is InChI=1S/C18H20BrNO2/c1-20(2)11-17-18(22-16-10-6-5-9-15(16)19)14-8-4-3-7-13(14)12-21-17/h3-10,17-18H,11-12H2,1-2H3/t17-,18-/m0/s1. The Kier molecular flexibility index (Phi) is 4.81. The summed E-state index contributed by atoms with van der Waals surface area (Å²) in [5, 5.41) is 0. The number of fused-ring (bicyclic) bond motifs is 1. The van der Waals surface area contributed by atoms with E-state index in [-0.39, 0.29) is 12.2 Å². The minimum Gasteiger partial charge on any atom is -0.482 e. The Hall–Kier alpha value is -1.36. The Morgan fingerprint density at radius 3 is 2.64 bits per heavy atom. The van der Waals surface area contributed by atoms with Crippen molar-refractivity contribution < 1.29 is 9.47 Å². The molecule has 0 bridgehead atoms. The van der Waals surface area contributed by atoms with Gasteiger partial charge < -0.3 is 14.4 Å². The van der Waals surface area contributed by atoms with Crippen molar-refractivity contribution >= 4 is 15.9 Å². The highest BCUT2D eigenvalue weighted by atomic mass is 79.9. The smallest absolute Gasteiger partial charge is 0.151 e. The molecule has 3 nitrogen and oxygen atoms in total. The number of para-hydroxylation sites is 1. The number of hydrogen-bond donors (Lipinski definition) is 0. The van der Waals surface area contributed by atoms with Gasteiger partial charge in [-0.1, -0.05) is 36.4 Å². The molecule has 0 unspecified atom stereocenters. The summed E-state index contributed by atoms with van der Waals surface area (Å²) in [5.74, 6) is 0.844. The third kappa shape index (κ3) is 3.35. The maximum atomic E-state index is 6.33. The van der Waals surface area contributed by atoms with Gasteiger partial charge in [0, 0.05) is 12.1 Å². The maximum absolute atomic E-state index is 6.33. The fourth-order valence-electron chi connectivity index (χ4n) is 2.75. The molecule has 0 saturated heterocycles. The molecule has 1 heterocycles. The van der Waals surface area contributed by atoms with Gasteiger partial charge in [-0.2, -0.15) is 0 Å². The number of nitrogens with zero attached hydrogens (tertiary/aromatic N) is 1. The molecule has 3 rings (SSSR count). The third-order valence-electron chi connectivity index (χ3n) is 3.79. The predicted molar refractivity (Wildman–Crippen MR) is 91.1 cm³/mol. The van der Waals surface area contributed by atoms with Crippen LogP contribution in [-0.2, 0) is 11.3 Å². The van der Waals surface area contributed by atoms with Crippen molar-refractivity contribution in [3.8, 4) is 5.75 Å². The van der Waals surface area contributed by atoms with Gasteiger partial charge in [-0.15, -0.1) is 0 Å². The first-order valence-electron chi connectivity index (χ1n) is 7.40. The van der Waals surface area contributed by atoms with Crippen LogP contribution >= 0.6 is 15.9 Å². The molecule has 0 N–H and O–H groups in total. The van der Waals surface area contributed by atoms with Crippen molar-refractivity contribution in [1.82, 2.24) is 4.90 Å². The molecule has 22 heavy (non-hydrogen) atoms. The monoisotopic (exact) mass is 361 g/mol. The van der Waals surface area contributed by atoms with Gasteiger partial charge in [0.2, 0.25) is 0 Å². The lowest BCUT2D eigenvalue weighted by atomic mass is 9.95. The SMILES string of the molecule is CN(C)C[C@@H]1OCc2ccccc2[C@@H]1Oc1ccccc1Br. The van der Waals surface area contributed by atoms with E-state index in [2.05, 4.69) is 53.1 Å². The van der Waals surface area contributed by atoms with E-state index in [1.165, 1.54) is 11.1 Å². The average Bonchev–Trinajstić information content (AvgIpc) is 2.51. The van der Waals surface area contributed by atoms with E-state index < -0.39 is 0 Å². The van der Waals surface area contributed by atoms with Crippen LogP contribution in [0.4, 0.5) is 0 Å². The highest BCUT2D eigenvalue weighted by Crippen LogP contribution is 2.36. The van der Waals surface area contributed by atoms with Crippen LogP contribution < -0.4 is 4.74 Å². The number of benzene rings is 2. The van der Waals surface area contributed by atoms with Gasteiger partial charge in [-0.05, 0) is 47.7 Å². The van der Waals surface area contributed by atoms with Crippen LogP contribution in [0.5, 0.6) is 5.75 Å². The molecule has 0 fully saturated rings. The summed E-state index contributed by atoms with van der Waals surface area (Å²) in [7, 11) is 4.11. The molecule has 2 atom stereocenters. The molecule has 116 valence electrons. The molecule has 1 aliphatic heterocycles. The molecule has 0 aliphatic carbocycles. The topological polar surface area (TPSA) is 21.7 Å². The van der Waals surface area contributed by atoms with E-state index >= 15 is 0 Å². The maximum Gasteiger partial charge on any atom is 0.151 e. The molecule has 1 aliphatic rings. The lowest BCUT2D eigenvalue weighted by Crippen LogP contribution is -2.39. The summed E-state index contributed by atoms with van der Waals surface area (Å²) >= 11 is 3.56. The zero-order valence-corrected chi connectivity index (χ0v) is 14.4. The van der Waals surface area contributed by atoms with Crippen molar-refractivity contribution in [3.63, 3.8) is 0 Å². The highest BCUT2D eigenvalue weighted by molar-refractivity contribution is 9.10. The number of halogens is 1. The van der Waals surface area contributed by atoms with Crippen LogP contribution in [0.3, 0.4) is 0 Å². The number of likely N-dealkylation sites (N-methyl/N-ethyl adjacent to an activating group) is 1. The van der Waals surface area contributed by atoms with Gasteiger partial charge in [0.15, 0.2) is 6.10 Å². The first kappa shape index (κ1) is 15.5. The summed E-state index contributed by atoms with van der Waals surface area (Å²) in [4.78, 5) is 2.13. The molecule has 2 aromatic carbocycles. The fraction of sp³-hybridized carbons (Fsp3) is 0.333. The van der Waals surface area contributed by atoms with Crippen LogP contribution in [-0.4, -0.2) is 31.6 Å². The first-order chi connectivity index (χ1) is 10.6. The van der Waals surface area contributed by atoms with Crippen LogP contribution in [0.1, 0.15) is 17.2 Å². The second kappa shape index (κ2) is 6.82. The zero-order valence-electron chi connectivity index (χ0n) is 12.8. The summed E-state index contributed by atoms with van der Waals surface area (Å²) < 4.78 is 13.3. The zero-order chi connectivity index (χ0) is 15.5. The minimum absolute atomic E-state index is 0.0111. The molecule has 4 heteroatoms. The van der Waals surface area contributed by atoms with E-state index in [1.807, 2.05) is 30.3 Å². The van der Waals surface area contributed by atoms with Crippen molar-refractivity contribution in [2.24, 2.45) is 0 Å². The molecular weight excluding hydrogens is 342 g/mol. The average molecular weight is 362 g/mol. The first-order valence-corrected chi connectivity index (χ1v) is 8.20. The largest absolute Gasteiger partial charge is 0.482 e. The van der Waals surface area contributed by atoms with Crippen molar-refractivity contribution in [2.75, 3.05) is 20.6 Å². The Labute approximate surface area is 140 Å². The molecular formula is C18H20BrNO2. The highest BCUT2D eigenvalue weighted by Gasteiger charge is 2.32. The third-order valence-corrected chi connectivity index (χ3v) is 4.44. The predicted octanol–water partition coefficient (Wildman–Crippen LogP) is 4.03. The van der Waals surface area contributed by atoms with Crippen molar-refractivity contribution in [1.29, 1.82) is 0 Å². The summed E-state index contributed by atoms with van der Waals surface area (Å²) in [6.45, 7) is 1.47. The summed E-state index contributed by atoms with van der Waals surface area (Å²) in [5.41, 5.74) is 2.42. The van der Waals surface area contributed by atoms with Gasteiger partial charge in [0.25, 0.3) is 0 Å². The Morgan fingerprint density at radius 1 is 1.14 bits per heavy atom. The Bertz CT molecular complexity index is 644. The van der Waals surface area contributed by atoms with Crippen molar-refractivity contribution in [3.05, 3.63) is 64.1 Å². The molecule has 0 aromatic heterocycles. The van der Waals surface area contributed by atoms with E-state index in [9.17, 15) is 0 Å². The number of rotatable bonds is 4. The van der Waals surface area contributed by atoms with Gasteiger partial charge >= 0.3 is 0 Å². The molecule has 0 saturated carbocycles. The van der Waals surface area contributed by atoms with E-state index in [1.54, 1.807) is 0 Å². The van der Waals surface area contributed by atoms with Crippen molar-refractivity contribution in [2.45, 2.75) is 18.8 Å².